The maximum Gasteiger partial charge on any atom is 0.243 e. The molecule has 1 saturated carbocycles. The molecule has 130 valence electrons. The summed E-state index contributed by atoms with van der Waals surface area (Å²) in [6, 6.07) is 8.17. The van der Waals surface area contributed by atoms with Crippen molar-refractivity contribution in [3.63, 3.8) is 0 Å². The predicted molar refractivity (Wildman–Crippen MR) is 98.2 cm³/mol. The van der Waals surface area contributed by atoms with Gasteiger partial charge in [0.15, 0.2) is 0 Å². The highest BCUT2D eigenvalue weighted by molar-refractivity contribution is 6.31. The Labute approximate surface area is 152 Å². The number of benzene rings is 1. The van der Waals surface area contributed by atoms with Gasteiger partial charge in [-0.15, -0.1) is 0 Å². The lowest BCUT2D eigenvalue weighted by atomic mass is 9.90. The molecule has 1 N–H and O–H groups in total. The second kappa shape index (κ2) is 5.78. The molecule has 25 heavy (non-hydrogen) atoms. The molecule has 1 aromatic heterocycles. The fourth-order valence-electron chi connectivity index (χ4n) is 4.05. The molecule has 2 heterocycles. The summed E-state index contributed by atoms with van der Waals surface area (Å²) in [6.45, 7) is 5.02. The molecule has 1 fully saturated rings. The summed E-state index contributed by atoms with van der Waals surface area (Å²) in [5, 5.41) is 11.3. The van der Waals surface area contributed by atoms with Crippen LogP contribution in [0.2, 0.25) is 5.02 Å². The Morgan fingerprint density at radius 2 is 2.24 bits per heavy atom. The van der Waals surface area contributed by atoms with E-state index >= 15 is 0 Å². The normalized spacial score (nSPS) is 21.2. The highest BCUT2D eigenvalue weighted by Crippen LogP contribution is 2.49. The monoisotopic (exact) mass is 355 g/mol. The average Bonchev–Trinajstić information content (AvgIpc) is 3.30. The Hall–Kier alpha value is -1.99. The van der Waals surface area contributed by atoms with Crippen LogP contribution in [-0.2, 0) is 11.2 Å². The second-order valence-electron chi connectivity index (χ2n) is 7.79. The third-order valence-corrected chi connectivity index (χ3v) is 5.78. The molecular weight excluding hydrogens is 334 g/mol. The van der Waals surface area contributed by atoms with Crippen LogP contribution in [0.15, 0.2) is 18.2 Å². The van der Waals surface area contributed by atoms with Crippen LogP contribution in [0, 0.1) is 22.7 Å². The van der Waals surface area contributed by atoms with Crippen LogP contribution < -0.4 is 0 Å². The van der Waals surface area contributed by atoms with E-state index in [1.165, 1.54) is 5.56 Å². The molecule has 1 aromatic carbocycles. The summed E-state index contributed by atoms with van der Waals surface area (Å²) in [5.74, 6) is 0.474. The van der Waals surface area contributed by atoms with E-state index in [2.05, 4.69) is 24.9 Å². The molecule has 4 rings (SSSR count). The highest BCUT2D eigenvalue weighted by Gasteiger charge is 2.54. The van der Waals surface area contributed by atoms with Crippen LogP contribution in [0.25, 0.3) is 10.9 Å². The number of rotatable bonds is 3. The van der Waals surface area contributed by atoms with E-state index in [-0.39, 0.29) is 11.9 Å². The van der Waals surface area contributed by atoms with Crippen LogP contribution in [0.1, 0.15) is 50.4 Å². The van der Waals surface area contributed by atoms with Gasteiger partial charge in [-0.1, -0.05) is 25.4 Å². The molecule has 1 unspecified atom stereocenters. The van der Waals surface area contributed by atoms with Crippen LogP contribution in [-0.4, -0.2) is 22.3 Å². The first-order chi connectivity index (χ1) is 11.9. The van der Waals surface area contributed by atoms with Crippen LogP contribution in [0.4, 0.5) is 0 Å². The fourth-order valence-corrected chi connectivity index (χ4v) is 4.22. The van der Waals surface area contributed by atoms with Crippen molar-refractivity contribution in [1.29, 1.82) is 5.26 Å². The minimum Gasteiger partial charge on any atom is -0.356 e. The average molecular weight is 356 g/mol. The number of nitrogens with zero attached hydrogens (tertiary/aromatic N) is 2. The number of nitriles is 1. The molecule has 4 nitrogen and oxygen atoms in total. The van der Waals surface area contributed by atoms with Crippen molar-refractivity contribution < 1.29 is 4.79 Å². The van der Waals surface area contributed by atoms with Crippen molar-refractivity contribution in [3.8, 4) is 6.07 Å². The van der Waals surface area contributed by atoms with Crippen molar-refractivity contribution in [1.82, 2.24) is 9.88 Å². The smallest absolute Gasteiger partial charge is 0.243 e. The Bertz CT molecular complexity index is 888. The Morgan fingerprint density at radius 1 is 1.48 bits per heavy atom. The third kappa shape index (κ3) is 2.62. The van der Waals surface area contributed by atoms with Gasteiger partial charge in [0.2, 0.25) is 5.91 Å². The van der Waals surface area contributed by atoms with Gasteiger partial charge in [-0.3, -0.25) is 4.79 Å². The van der Waals surface area contributed by atoms with Crippen molar-refractivity contribution in [2.45, 2.75) is 45.6 Å². The first kappa shape index (κ1) is 16.5. The van der Waals surface area contributed by atoms with Crippen LogP contribution in [0.5, 0.6) is 0 Å². The molecule has 0 radical (unpaired) electrons. The number of aromatic nitrogens is 1. The molecule has 2 aromatic rings. The lowest BCUT2D eigenvalue weighted by Crippen LogP contribution is -2.44. The minimum atomic E-state index is -0.762. The van der Waals surface area contributed by atoms with Gasteiger partial charge in [-0.05, 0) is 55.4 Å². The lowest BCUT2D eigenvalue weighted by molar-refractivity contribution is -0.138. The maximum absolute atomic E-state index is 13.1. The molecule has 1 aliphatic carbocycles. The van der Waals surface area contributed by atoms with Gasteiger partial charge in [0, 0.05) is 28.2 Å². The Kier molecular flexibility index (Phi) is 3.81. The van der Waals surface area contributed by atoms with E-state index in [4.69, 9.17) is 11.6 Å². The SMILES string of the molecule is CC(C)CC1c2[nH]c3ccc(Cl)cc3c2CCN1C(=O)C1(C#N)CC1. The fraction of sp³-hybridized carbons (Fsp3) is 0.500. The summed E-state index contributed by atoms with van der Waals surface area (Å²) < 4.78 is 0. The minimum absolute atomic E-state index is 0.00764. The van der Waals surface area contributed by atoms with E-state index in [9.17, 15) is 10.1 Å². The molecule has 0 bridgehead atoms. The molecule has 1 aliphatic heterocycles. The van der Waals surface area contributed by atoms with E-state index < -0.39 is 5.41 Å². The van der Waals surface area contributed by atoms with Crippen LogP contribution >= 0.6 is 11.6 Å². The number of amides is 1. The topological polar surface area (TPSA) is 59.9 Å². The zero-order chi connectivity index (χ0) is 17.8. The number of aromatic amines is 1. The molecule has 0 spiro atoms. The van der Waals surface area contributed by atoms with E-state index in [0.717, 1.165) is 34.5 Å². The quantitative estimate of drug-likeness (QED) is 0.874. The van der Waals surface area contributed by atoms with Crippen LogP contribution in [0.3, 0.4) is 0 Å². The zero-order valence-electron chi connectivity index (χ0n) is 14.6. The highest BCUT2D eigenvalue weighted by atomic mass is 35.5. The molecule has 1 atom stereocenters. The standard InChI is InChI=1S/C20H22ClN3O/c1-12(2)9-17-18-14(15-10-13(21)3-4-16(15)23-18)5-8-24(17)19(25)20(11-22)6-7-20/h3-4,10,12,17,23H,5-9H2,1-2H3. The van der Waals surface area contributed by atoms with Gasteiger partial charge in [0.05, 0.1) is 12.1 Å². The van der Waals surface area contributed by atoms with Gasteiger partial charge in [0.25, 0.3) is 0 Å². The summed E-state index contributed by atoms with van der Waals surface area (Å²) in [7, 11) is 0. The van der Waals surface area contributed by atoms with Crippen molar-refractivity contribution in [3.05, 3.63) is 34.5 Å². The Morgan fingerprint density at radius 3 is 2.88 bits per heavy atom. The number of hydrogen-bond donors (Lipinski definition) is 1. The second-order valence-corrected chi connectivity index (χ2v) is 8.23. The van der Waals surface area contributed by atoms with Gasteiger partial charge < -0.3 is 9.88 Å². The van der Waals surface area contributed by atoms with Crippen molar-refractivity contribution in [2.24, 2.45) is 11.3 Å². The van der Waals surface area contributed by atoms with Gasteiger partial charge in [-0.25, -0.2) is 0 Å². The first-order valence-electron chi connectivity index (χ1n) is 8.97. The third-order valence-electron chi connectivity index (χ3n) is 5.54. The van der Waals surface area contributed by atoms with E-state index in [1.807, 2.05) is 23.1 Å². The number of carbonyl (C=O) groups is 1. The summed E-state index contributed by atoms with van der Waals surface area (Å²) in [6.07, 6.45) is 3.09. The maximum atomic E-state index is 13.1. The number of hydrogen-bond acceptors (Lipinski definition) is 2. The summed E-state index contributed by atoms with van der Waals surface area (Å²) in [4.78, 5) is 18.5. The number of carbonyl (C=O) groups excluding carboxylic acids is 1. The predicted octanol–water partition coefficient (Wildman–Crippen LogP) is 4.60. The lowest BCUT2D eigenvalue weighted by Gasteiger charge is -2.38. The Balaban J connectivity index is 1.79. The molecule has 2 aliphatic rings. The van der Waals surface area contributed by atoms with E-state index in [1.54, 1.807) is 0 Å². The summed E-state index contributed by atoms with van der Waals surface area (Å²) >= 11 is 6.19. The number of fused-ring (bicyclic) bond motifs is 3. The van der Waals surface area contributed by atoms with Gasteiger partial charge in [-0.2, -0.15) is 5.26 Å². The number of nitrogens with one attached hydrogen (secondary N) is 1. The van der Waals surface area contributed by atoms with Gasteiger partial charge in [0.1, 0.15) is 5.41 Å². The van der Waals surface area contributed by atoms with Crippen molar-refractivity contribution >= 4 is 28.4 Å². The number of halogens is 1. The largest absolute Gasteiger partial charge is 0.356 e. The van der Waals surface area contributed by atoms with E-state index in [0.29, 0.717) is 25.3 Å². The molecule has 1 amide bonds. The van der Waals surface area contributed by atoms with Gasteiger partial charge >= 0.3 is 0 Å². The summed E-state index contributed by atoms with van der Waals surface area (Å²) in [5.41, 5.74) is 2.70. The molecule has 0 saturated heterocycles. The van der Waals surface area contributed by atoms with Crippen molar-refractivity contribution in [2.75, 3.05) is 6.54 Å². The number of H-pyrrole nitrogens is 1. The zero-order valence-corrected chi connectivity index (χ0v) is 15.4. The first-order valence-corrected chi connectivity index (χ1v) is 9.35. The molecular formula is C20H22ClN3O. The molecule has 5 heteroatoms.